The van der Waals surface area contributed by atoms with Crippen molar-refractivity contribution in [2.75, 3.05) is 12.4 Å². The molecule has 1 atom stereocenters. The van der Waals surface area contributed by atoms with Gasteiger partial charge in [0.05, 0.1) is 12.8 Å². The van der Waals surface area contributed by atoms with E-state index in [2.05, 4.69) is 5.32 Å². The molecular weight excluding hydrogens is 261 g/mol. The summed E-state index contributed by atoms with van der Waals surface area (Å²) in [6.07, 6.45) is 0. The summed E-state index contributed by atoms with van der Waals surface area (Å²) in [4.78, 5) is 11.9. The normalized spacial score (nSPS) is 12.3. The first kappa shape index (κ1) is 18.2. The smallest absolute Gasteiger partial charge is 0.229 e. The molecule has 0 aliphatic heterocycles. The molecule has 0 spiro atoms. The molecule has 1 aromatic rings. The summed E-state index contributed by atoms with van der Waals surface area (Å²) in [7, 11) is 1.40. The minimum atomic E-state index is -2.23. The first-order valence-electron chi connectivity index (χ1n) is 5.36. The van der Waals surface area contributed by atoms with E-state index in [-0.39, 0.29) is 41.1 Å². The molecule has 0 saturated carbocycles. The third-order valence-corrected chi connectivity index (χ3v) is 3.07. The average Bonchev–Trinajstić information content (AvgIpc) is 2.26. The van der Waals surface area contributed by atoms with E-state index in [9.17, 15) is 13.6 Å². The Labute approximate surface area is 127 Å². The molecule has 1 aromatic carbocycles. The number of hydrogen-bond acceptors (Lipinski definition) is 3. The SMILES string of the molecule is COc1cccc(NC(=O)C(C)(C)C)c1S(=O)O.[Li]. The zero-order chi connectivity index (χ0) is 13.9. The Balaban J connectivity index is 0.00000324. The maximum Gasteiger partial charge on any atom is 0.229 e. The first-order valence-corrected chi connectivity index (χ1v) is 6.47. The molecule has 1 amide bonds. The van der Waals surface area contributed by atoms with Gasteiger partial charge in [-0.2, -0.15) is 0 Å². The van der Waals surface area contributed by atoms with Crippen LogP contribution in [0.3, 0.4) is 0 Å². The van der Waals surface area contributed by atoms with E-state index >= 15 is 0 Å². The minimum Gasteiger partial charge on any atom is -0.495 e. The second-order valence-electron chi connectivity index (χ2n) is 4.79. The molecule has 0 saturated heterocycles. The van der Waals surface area contributed by atoms with Crippen LogP contribution in [0.25, 0.3) is 0 Å². The van der Waals surface area contributed by atoms with Gasteiger partial charge in [-0.15, -0.1) is 0 Å². The van der Waals surface area contributed by atoms with E-state index in [1.807, 2.05) is 0 Å². The molecule has 0 aliphatic rings. The standard InChI is InChI=1S/C12H17NO4S.Li/c1-12(2,3)11(14)13-8-6-5-7-9(17-4)10(8)18(15)16;/h5-7H,1-4H3,(H,13,14)(H,15,16);. The Morgan fingerprint density at radius 1 is 1.37 bits per heavy atom. The predicted octanol–water partition coefficient (Wildman–Crippen LogP) is 1.88. The molecule has 0 fully saturated rings. The maximum atomic E-state index is 11.9. The van der Waals surface area contributed by atoms with Crippen molar-refractivity contribution in [3.63, 3.8) is 0 Å². The molecule has 0 aliphatic carbocycles. The summed E-state index contributed by atoms with van der Waals surface area (Å²) >= 11 is -2.23. The van der Waals surface area contributed by atoms with Crippen LogP contribution in [0.15, 0.2) is 23.1 Å². The van der Waals surface area contributed by atoms with Crippen LogP contribution in [0.5, 0.6) is 5.75 Å². The van der Waals surface area contributed by atoms with Crippen molar-refractivity contribution in [2.24, 2.45) is 5.41 Å². The van der Waals surface area contributed by atoms with Gasteiger partial charge in [-0.3, -0.25) is 4.79 Å². The zero-order valence-electron chi connectivity index (χ0n) is 11.8. The zero-order valence-corrected chi connectivity index (χ0v) is 12.6. The van der Waals surface area contributed by atoms with Crippen molar-refractivity contribution in [1.29, 1.82) is 0 Å². The fourth-order valence-corrected chi connectivity index (χ4v) is 1.90. The van der Waals surface area contributed by atoms with Crippen molar-refractivity contribution in [2.45, 2.75) is 25.7 Å². The Morgan fingerprint density at radius 3 is 2.37 bits per heavy atom. The van der Waals surface area contributed by atoms with Crippen LogP contribution in [0.2, 0.25) is 0 Å². The van der Waals surface area contributed by atoms with E-state index in [4.69, 9.17) is 4.74 Å². The number of benzene rings is 1. The second kappa shape index (κ2) is 7.11. The second-order valence-corrected chi connectivity index (χ2v) is 5.70. The Morgan fingerprint density at radius 2 is 1.95 bits per heavy atom. The molecule has 7 heteroatoms. The van der Waals surface area contributed by atoms with Gasteiger partial charge in [-0.25, -0.2) is 4.21 Å². The van der Waals surface area contributed by atoms with Crippen LogP contribution in [-0.2, 0) is 15.9 Å². The number of hydrogen-bond donors (Lipinski definition) is 2. The largest absolute Gasteiger partial charge is 0.495 e. The number of ether oxygens (including phenoxy) is 1. The van der Waals surface area contributed by atoms with Gasteiger partial charge in [0.2, 0.25) is 5.91 Å². The van der Waals surface area contributed by atoms with Gasteiger partial charge in [0.1, 0.15) is 10.6 Å². The van der Waals surface area contributed by atoms with E-state index < -0.39 is 16.5 Å². The maximum absolute atomic E-state index is 11.9. The van der Waals surface area contributed by atoms with Gasteiger partial charge < -0.3 is 14.6 Å². The van der Waals surface area contributed by atoms with Crippen molar-refractivity contribution in [3.05, 3.63) is 18.2 Å². The predicted molar refractivity (Wildman–Crippen MR) is 75.9 cm³/mol. The average molecular weight is 278 g/mol. The van der Waals surface area contributed by atoms with Crippen molar-refractivity contribution in [3.8, 4) is 5.75 Å². The van der Waals surface area contributed by atoms with Crippen LogP contribution >= 0.6 is 0 Å². The molecule has 0 heterocycles. The van der Waals surface area contributed by atoms with Crippen LogP contribution in [0.4, 0.5) is 5.69 Å². The van der Waals surface area contributed by atoms with Gasteiger partial charge in [-0.05, 0) is 12.1 Å². The van der Waals surface area contributed by atoms with E-state index in [0.29, 0.717) is 0 Å². The Bertz CT molecular complexity index is 485. The molecule has 1 rings (SSSR count). The third kappa shape index (κ3) is 4.66. The molecule has 0 aromatic heterocycles. The number of amides is 1. The number of methoxy groups -OCH3 is 1. The van der Waals surface area contributed by atoms with Crippen molar-refractivity contribution < 1.29 is 18.3 Å². The van der Waals surface area contributed by atoms with Crippen LogP contribution < -0.4 is 10.1 Å². The molecule has 1 radical (unpaired) electrons. The number of anilines is 1. The number of nitrogens with one attached hydrogen (secondary N) is 1. The fraction of sp³-hybridized carbons (Fsp3) is 0.417. The Hall–Kier alpha value is -0.803. The molecule has 0 bridgehead atoms. The molecule has 19 heavy (non-hydrogen) atoms. The van der Waals surface area contributed by atoms with Crippen LogP contribution in [-0.4, -0.2) is 40.6 Å². The van der Waals surface area contributed by atoms with Gasteiger partial charge >= 0.3 is 0 Å². The number of carbonyl (C=O) groups excluding carboxylic acids is 1. The summed E-state index contributed by atoms with van der Waals surface area (Å²) in [5.41, 5.74) is -0.299. The molecular formula is C12H17LiNO4S. The first-order chi connectivity index (χ1) is 8.27. The topological polar surface area (TPSA) is 75.6 Å². The number of rotatable bonds is 3. The van der Waals surface area contributed by atoms with Gasteiger partial charge in [-0.1, -0.05) is 26.8 Å². The molecule has 1 unspecified atom stereocenters. The monoisotopic (exact) mass is 278 g/mol. The van der Waals surface area contributed by atoms with Gasteiger partial charge in [0.25, 0.3) is 0 Å². The van der Waals surface area contributed by atoms with Crippen LogP contribution in [0.1, 0.15) is 20.8 Å². The molecule has 5 nitrogen and oxygen atoms in total. The summed E-state index contributed by atoms with van der Waals surface area (Å²) in [5, 5.41) is 2.63. The fourth-order valence-electron chi connectivity index (χ4n) is 1.26. The summed E-state index contributed by atoms with van der Waals surface area (Å²) in [6.45, 7) is 5.29. The summed E-state index contributed by atoms with van der Waals surface area (Å²) < 4.78 is 25.6. The van der Waals surface area contributed by atoms with E-state index in [1.54, 1.807) is 39.0 Å². The van der Waals surface area contributed by atoms with Crippen molar-refractivity contribution in [1.82, 2.24) is 0 Å². The van der Waals surface area contributed by atoms with Crippen LogP contribution in [0, 0.1) is 5.41 Å². The summed E-state index contributed by atoms with van der Waals surface area (Å²) in [5.74, 6) is 0.0324. The summed E-state index contributed by atoms with van der Waals surface area (Å²) in [6, 6.07) is 4.78. The third-order valence-electron chi connectivity index (χ3n) is 2.30. The van der Waals surface area contributed by atoms with Gasteiger partial charge in [0.15, 0.2) is 11.1 Å². The molecule has 2 N–H and O–H groups in total. The minimum absolute atomic E-state index is 0. The Kier molecular flexibility index (Phi) is 6.81. The number of carbonyl (C=O) groups is 1. The van der Waals surface area contributed by atoms with E-state index in [0.717, 1.165) is 0 Å². The molecule has 101 valence electrons. The van der Waals surface area contributed by atoms with Crippen molar-refractivity contribution >= 4 is 41.5 Å². The quantitative estimate of drug-likeness (QED) is 0.654. The van der Waals surface area contributed by atoms with E-state index in [1.165, 1.54) is 7.11 Å². The van der Waals surface area contributed by atoms with Gasteiger partial charge in [0, 0.05) is 24.3 Å².